The number of carbonyl (C=O) groups is 2. The van der Waals surface area contributed by atoms with Gasteiger partial charge in [-0.2, -0.15) is 0 Å². The molecule has 0 atom stereocenters. The van der Waals surface area contributed by atoms with Crippen molar-refractivity contribution in [2.45, 2.75) is 39.3 Å². The summed E-state index contributed by atoms with van der Waals surface area (Å²) in [6.45, 7) is 3.78. The van der Waals surface area contributed by atoms with Crippen molar-refractivity contribution in [2.24, 2.45) is 0 Å². The molecular weight excluding hydrogens is 438 g/mol. The Labute approximate surface area is 188 Å². The summed E-state index contributed by atoms with van der Waals surface area (Å²) in [7, 11) is 0. The summed E-state index contributed by atoms with van der Waals surface area (Å²) in [5.41, 5.74) is 3.15. The van der Waals surface area contributed by atoms with Crippen molar-refractivity contribution in [2.75, 3.05) is 6.54 Å². The van der Waals surface area contributed by atoms with Gasteiger partial charge in [-0.25, -0.2) is 4.98 Å². The number of thiazole rings is 1. The van der Waals surface area contributed by atoms with Crippen molar-refractivity contribution >= 4 is 46.1 Å². The molecule has 4 rings (SSSR count). The zero-order valence-corrected chi connectivity index (χ0v) is 19.0. The smallest absolute Gasteiger partial charge is 0.223 e. The predicted octanol–water partition coefficient (Wildman–Crippen LogP) is 4.81. The van der Waals surface area contributed by atoms with Crippen LogP contribution < -0.4 is 5.32 Å². The van der Waals surface area contributed by atoms with Gasteiger partial charge in [0.25, 0.3) is 0 Å². The van der Waals surface area contributed by atoms with Crippen molar-refractivity contribution in [3.63, 3.8) is 0 Å². The van der Waals surface area contributed by atoms with E-state index in [0.717, 1.165) is 34.1 Å². The summed E-state index contributed by atoms with van der Waals surface area (Å²) >= 11 is 9.27. The molecular formula is C22H22ClN3O2S2. The summed E-state index contributed by atoms with van der Waals surface area (Å²) < 4.78 is 0. The highest BCUT2D eigenvalue weighted by Crippen LogP contribution is 2.28. The normalized spacial score (nSPS) is 13.2. The van der Waals surface area contributed by atoms with E-state index in [4.69, 9.17) is 11.6 Å². The molecule has 3 heterocycles. The second kappa shape index (κ2) is 9.29. The van der Waals surface area contributed by atoms with E-state index in [1.807, 2.05) is 36.1 Å². The molecule has 0 unspecified atom stereocenters. The van der Waals surface area contributed by atoms with Gasteiger partial charge in [0, 0.05) is 46.3 Å². The molecule has 2 aromatic heterocycles. The van der Waals surface area contributed by atoms with Gasteiger partial charge in [0.05, 0.1) is 12.2 Å². The standard InChI is InChI=1S/C22H22ClN3O2S2/c1-14-22(15-2-4-17(23)5-3-15)25-20(30-14)12-24-19(27)6-7-21(28)26-10-8-18-16(13-26)9-11-29-18/h2-5,9,11H,6-8,10,12-13H2,1H3,(H,24,27). The van der Waals surface area contributed by atoms with Crippen LogP contribution in [0.4, 0.5) is 0 Å². The largest absolute Gasteiger partial charge is 0.350 e. The van der Waals surface area contributed by atoms with Gasteiger partial charge in [0.1, 0.15) is 5.01 Å². The van der Waals surface area contributed by atoms with Crippen LogP contribution in [0.3, 0.4) is 0 Å². The lowest BCUT2D eigenvalue weighted by Gasteiger charge is -2.27. The first kappa shape index (κ1) is 21.0. The van der Waals surface area contributed by atoms with Crippen LogP contribution in [-0.2, 0) is 29.1 Å². The number of benzene rings is 1. The Morgan fingerprint density at radius 1 is 1.20 bits per heavy atom. The van der Waals surface area contributed by atoms with Gasteiger partial charge in [-0.1, -0.05) is 23.7 Å². The van der Waals surface area contributed by atoms with Crippen LogP contribution in [0.5, 0.6) is 0 Å². The van der Waals surface area contributed by atoms with Crippen LogP contribution in [0.2, 0.25) is 5.02 Å². The minimum Gasteiger partial charge on any atom is -0.350 e. The summed E-state index contributed by atoms with van der Waals surface area (Å²) in [5.74, 6) is -0.0883. The number of nitrogens with one attached hydrogen (secondary N) is 1. The molecule has 0 spiro atoms. The second-order valence-corrected chi connectivity index (χ2v) is 9.96. The molecule has 1 aliphatic heterocycles. The first-order valence-electron chi connectivity index (χ1n) is 9.81. The molecule has 0 bridgehead atoms. The molecule has 0 saturated heterocycles. The SMILES string of the molecule is Cc1sc(CNC(=O)CCC(=O)N2CCc3sccc3C2)nc1-c1ccc(Cl)cc1. The van der Waals surface area contributed by atoms with E-state index in [9.17, 15) is 9.59 Å². The maximum Gasteiger partial charge on any atom is 0.223 e. The second-order valence-electron chi connectivity index (χ2n) is 7.23. The highest BCUT2D eigenvalue weighted by atomic mass is 35.5. The van der Waals surface area contributed by atoms with Crippen LogP contribution >= 0.6 is 34.3 Å². The molecule has 1 aromatic carbocycles. The molecule has 8 heteroatoms. The average Bonchev–Trinajstić information content (AvgIpc) is 3.36. The number of rotatable bonds is 6. The Balaban J connectivity index is 1.26. The lowest BCUT2D eigenvalue weighted by Crippen LogP contribution is -2.36. The summed E-state index contributed by atoms with van der Waals surface area (Å²) in [4.78, 5) is 33.7. The predicted molar refractivity (Wildman–Crippen MR) is 122 cm³/mol. The van der Waals surface area contributed by atoms with Gasteiger partial charge in [0.2, 0.25) is 11.8 Å². The highest BCUT2D eigenvalue weighted by molar-refractivity contribution is 7.12. The Kier molecular flexibility index (Phi) is 6.51. The lowest BCUT2D eigenvalue weighted by atomic mass is 10.1. The fraction of sp³-hybridized carbons (Fsp3) is 0.318. The topological polar surface area (TPSA) is 62.3 Å². The molecule has 3 aromatic rings. The van der Waals surface area contributed by atoms with Gasteiger partial charge in [-0.05, 0) is 42.5 Å². The summed E-state index contributed by atoms with van der Waals surface area (Å²) in [6, 6.07) is 9.65. The summed E-state index contributed by atoms with van der Waals surface area (Å²) in [6.07, 6.45) is 1.34. The fourth-order valence-corrected chi connectivity index (χ4v) is 5.42. The number of aromatic nitrogens is 1. The summed E-state index contributed by atoms with van der Waals surface area (Å²) in [5, 5.41) is 6.50. The van der Waals surface area contributed by atoms with Crippen LogP contribution in [0.15, 0.2) is 35.7 Å². The van der Waals surface area contributed by atoms with E-state index in [1.54, 1.807) is 22.7 Å². The molecule has 1 aliphatic rings. The fourth-order valence-electron chi connectivity index (χ4n) is 3.50. The molecule has 30 heavy (non-hydrogen) atoms. The monoisotopic (exact) mass is 459 g/mol. The molecule has 0 aliphatic carbocycles. The number of nitrogens with zero attached hydrogens (tertiary/aromatic N) is 2. The molecule has 5 nitrogen and oxygen atoms in total. The first-order valence-corrected chi connectivity index (χ1v) is 11.9. The van der Waals surface area contributed by atoms with Gasteiger partial charge >= 0.3 is 0 Å². The number of hydrogen-bond acceptors (Lipinski definition) is 5. The Bertz CT molecular complexity index is 1060. The molecule has 0 saturated carbocycles. The minimum atomic E-state index is -0.127. The van der Waals surface area contributed by atoms with Crippen LogP contribution in [-0.4, -0.2) is 28.2 Å². The van der Waals surface area contributed by atoms with E-state index < -0.39 is 0 Å². The highest BCUT2D eigenvalue weighted by Gasteiger charge is 2.21. The molecule has 0 radical (unpaired) electrons. The Morgan fingerprint density at radius 2 is 2.00 bits per heavy atom. The quantitative estimate of drug-likeness (QED) is 0.575. The van der Waals surface area contributed by atoms with Crippen LogP contribution in [0.25, 0.3) is 11.3 Å². The van der Waals surface area contributed by atoms with E-state index in [-0.39, 0.29) is 24.7 Å². The lowest BCUT2D eigenvalue weighted by molar-refractivity contribution is -0.134. The van der Waals surface area contributed by atoms with Gasteiger partial charge in [-0.15, -0.1) is 22.7 Å². The minimum absolute atomic E-state index is 0.0390. The Hall–Kier alpha value is -2.22. The van der Waals surface area contributed by atoms with Gasteiger partial charge in [-0.3, -0.25) is 9.59 Å². The number of amides is 2. The number of aryl methyl sites for hydroxylation is 1. The van der Waals surface area contributed by atoms with Crippen LogP contribution in [0.1, 0.15) is 33.2 Å². The van der Waals surface area contributed by atoms with E-state index >= 15 is 0 Å². The third-order valence-corrected chi connectivity index (χ3v) is 7.37. The number of halogens is 1. The maximum absolute atomic E-state index is 12.5. The average molecular weight is 460 g/mol. The Morgan fingerprint density at radius 3 is 2.80 bits per heavy atom. The van der Waals surface area contributed by atoms with Crippen molar-refractivity contribution in [1.82, 2.24) is 15.2 Å². The van der Waals surface area contributed by atoms with E-state index in [2.05, 4.69) is 21.7 Å². The number of hydrogen-bond donors (Lipinski definition) is 1. The third-order valence-electron chi connectivity index (χ3n) is 5.12. The molecule has 156 valence electrons. The van der Waals surface area contributed by atoms with Gasteiger partial charge in [0.15, 0.2) is 0 Å². The molecule has 1 N–H and O–H groups in total. The molecule has 2 amide bonds. The zero-order chi connectivity index (χ0) is 21.1. The maximum atomic E-state index is 12.5. The van der Waals surface area contributed by atoms with Crippen molar-refractivity contribution in [3.8, 4) is 11.3 Å². The first-order chi connectivity index (χ1) is 14.5. The van der Waals surface area contributed by atoms with E-state index in [0.29, 0.717) is 18.1 Å². The van der Waals surface area contributed by atoms with Crippen molar-refractivity contribution in [3.05, 3.63) is 61.1 Å². The van der Waals surface area contributed by atoms with Crippen LogP contribution in [0, 0.1) is 6.92 Å². The molecule has 0 fully saturated rings. The zero-order valence-electron chi connectivity index (χ0n) is 16.6. The van der Waals surface area contributed by atoms with Crippen molar-refractivity contribution in [1.29, 1.82) is 0 Å². The number of carbonyl (C=O) groups excluding carboxylic acids is 2. The number of fused-ring (bicyclic) bond motifs is 1. The number of thiophene rings is 1. The van der Waals surface area contributed by atoms with Crippen molar-refractivity contribution < 1.29 is 9.59 Å². The van der Waals surface area contributed by atoms with E-state index in [1.165, 1.54) is 10.4 Å². The third kappa shape index (κ3) is 4.91. The van der Waals surface area contributed by atoms with Gasteiger partial charge < -0.3 is 10.2 Å².